The first-order valence-electron chi connectivity index (χ1n) is 6.68. The third-order valence-electron chi connectivity index (χ3n) is 3.62. The molecule has 1 rings (SSSR count). The van der Waals surface area contributed by atoms with Crippen LogP contribution in [0.25, 0.3) is 0 Å². The van der Waals surface area contributed by atoms with Gasteiger partial charge in [-0.2, -0.15) is 0 Å². The Morgan fingerprint density at radius 3 is 1.94 bits per heavy atom. The average Bonchev–Trinajstić information content (AvgIpc) is 2.41. The van der Waals surface area contributed by atoms with Gasteiger partial charge in [-0.3, -0.25) is 0 Å². The van der Waals surface area contributed by atoms with Gasteiger partial charge in [0.2, 0.25) is 0 Å². The van der Waals surface area contributed by atoms with E-state index in [1.807, 2.05) is 0 Å². The highest BCUT2D eigenvalue weighted by atomic mass is 16.5. The zero-order valence-electron chi connectivity index (χ0n) is 11.6. The average molecular weight is 228 g/mol. The lowest BCUT2D eigenvalue weighted by atomic mass is 9.81. The number of hydrogen-bond acceptors (Lipinski definition) is 2. The highest BCUT2D eigenvalue weighted by Crippen LogP contribution is 2.38. The second kappa shape index (κ2) is 5.50. The molecule has 16 heavy (non-hydrogen) atoms. The van der Waals surface area contributed by atoms with Crippen molar-refractivity contribution in [1.82, 2.24) is 0 Å². The first-order chi connectivity index (χ1) is 7.34. The van der Waals surface area contributed by atoms with Crippen molar-refractivity contribution in [2.24, 2.45) is 23.7 Å². The van der Waals surface area contributed by atoms with Crippen LogP contribution in [0.5, 0.6) is 0 Å². The fourth-order valence-corrected chi connectivity index (χ4v) is 2.86. The molecule has 0 aromatic carbocycles. The van der Waals surface area contributed by atoms with E-state index >= 15 is 0 Å². The quantitative estimate of drug-likeness (QED) is 0.801. The molecule has 2 nitrogen and oxygen atoms in total. The summed E-state index contributed by atoms with van der Waals surface area (Å²) < 4.78 is 6.07. The third-order valence-corrected chi connectivity index (χ3v) is 3.62. The Morgan fingerprint density at radius 1 is 1.00 bits per heavy atom. The van der Waals surface area contributed by atoms with Crippen LogP contribution in [0.2, 0.25) is 0 Å². The summed E-state index contributed by atoms with van der Waals surface area (Å²) in [7, 11) is 0. The van der Waals surface area contributed by atoms with Crippen LogP contribution in [0, 0.1) is 23.7 Å². The Kier molecular flexibility index (Phi) is 4.81. The van der Waals surface area contributed by atoms with Crippen molar-refractivity contribution < 1.29 is 9.84 Å². The number of aliphatic hydroxyl groups is 1. The second-order valence-corrected chi connectivity index (χ2v) is 6.32. The van der Waals surface area contributed by atoms with E-state index in [1.54, 1.807) is 0 Å². The van der Waals surface area contributed by atoms with Gasteiger partial charge in [0.1, 0.15) is 0 Å². The topological polar surface area (TPSA) is 29.5 Å². The van der Waals surface area contributed by atoms with Gasteiger partial charge in [-0.15, -0.1) is 0 Å². The molecule has 0 bridgehead atoms. The Labute approximate surface area is 100 Å². The molecule has 1 saturated heterocycles. The van der Waals surface area contributed by atoms with Crippen LogP contribution in [0.15, 0.2) is 0 Å². The lowest BCUT2D eigenvalue weighted by Gasteiger charge is -2.25. The van der Waals surface area contributed by atoms with Gasteiger partial charge in [-0.05, 0) is 24.2 Å². The molecule has 1 aliphatic heterocycles. The molecule has 0 radical (unpaired) electrons. The number of hydrogen-bond donors (Lipinski definition) is 1. The third kappa shape index (κ3) is 2.98. The number of aliphatic hydroxyl groups excluding tert-OH is 1. The molecule has 1 heterocycles. The van der Waals surface area contributed by atoms with E-state index in [-0.39, 0.29) is 18.3 Å². The second-order valence-electron chi connectivity index (χ2n) is 6.32. The lowest BCUT2D eigenvalue weighted by Crippen LogP contribution is -2.33. The van der Waals surface area contributed by atoms with Crippen LogP contribution in [0.3, 0.4) is 0 Å². The van der Waals surface area contributed by atoms with Crippen molar-refractivity contribution in [2.45, 2.75) is 66.3 Å². The Bertz CT molecular complexity index is 211. The van der Waals surface area contributed by atoms with Crippen molar-refractivity contribution >= 4 is 0 Å². The van der Waals surface area contributed by atoms with E-state index in [1.165, 1.54) is 0 Å². The first-order valence-corrected chi connectivity index (χ1v) is 6.68. The van der Waals surface area contributed by atoms with Gasteiger partial charge < -0.3 is 9.84 Å². The van der Waals surface area contributed by atoms with Crippen molar-refractivity contribution in [3.63, 3.8) is 0 Å². The van der Waals surface area contributed by atoms with E-state index in [2.05, 4.69) is 41.5 Å². The van der Waals surface area contributed by atoms with Crippen LogP contribution in [-0.2, 0) is 4.74 Å². The summed E-state index contributed by atoms with van der Waals surface area (Å²) in [4.78, 5) is 0. The van der Waals surface area contributed by atoms with Crippen molar-refractivity contribution in [2.75, 3.05) is 0 Å². The zero-order chi connectivity index (χ0) is 12.5. The van der Waals surface area contributed by atoms with Gasteiger partial charge in [0.15, 0.2) is 0 Å². The van der Waals surface area contributed by atoms with Crippen LogP contribution >= 0.6 is 0 Å². The van der Waals surface area contributed by atoms with Crippen LogP contribution < -0.4 is 0 Å². The number of ether oxygens (including phenoxy) is 1. The van der Waals surface area contributed by atoms with Gasteiger partial charge in [-0.25, -0.2) is 0 Å². The van der Waals surface area contributed by atoms with Crippen molar-refractivity contribution in [3.05, 3.63) is 0 Å². The molecule has 1 unspecified atom stereocenters. The maximum atomic E-state index is 10.3. The smallest absolute Gasteiger partial charge is 0.0864 e. The summed E-state index contributed by atoms with van der Waals surface area (Å²) in [6, 6.07) is 0. The van der Waals surface area contributed by atoms with Crippen LogP contribution in [0.1, 0.15) is 48.0 Å². The van der Waals surface area contributed by atoms with Crippen LogP contribution in [0.4, 0.5) is 0 Å². The molecule has 1 N–H and O–H groups in total. The van der Waals surface area contributed by atoms with Gasteiger partial charge in [0.05, 0.1) is 18.3 Å². The monoisotopic (exact) mass is 228 g/mol. The zero-order valence-corrected chi connectivity index (χ0v) is 11.6. The lowest BCUT2D eigenvalue weighted by molar-refractivity contribution is -0.0222. The summed E-state index contributed by atoms with van der Waals surface area (Å²) in [5.74, 6) is 1.81. The molecule has 4 atom stereocenters. The summed E-state index contributed by atoms with van der Waals surface area (Å²) in [6.07, 6.45) is 1.03. The van der Waals surface area contributed by atoms with Gasteiger partial charge >= 0.3 is 0 Å². The first kappa shape index (κ1) is 14.0. The molecular weight excluding hydrogens is 200 g/mol. The Balaban J connectivity index is 2.75. The van der Waals surface area contributed by atoms with Gasteiger partial charge in [0, 0.05) is 5.92 Å². The Morgan fingerprint density at radius 2 is 1.56 bits per heavy atom. The minimum Gasteiger partial charge on any atom is -0.390 e. The molecule has 2 heteroatoms. The van der Waals surface area contributed by atoms with E-state index < -0.39 is 0 Å². The van der Waals surface area contributed by atoms with E-state index in [4.69, 9.17) is 4.74 Å². The summed E-state index contributed by atoms with van der Waals surface area (Å²) in [5, 5.41) is 10.3. The highest BCUT2D eigenvalue weighted by molar-refractivity contribution is 4.93. The molecule has 1 aliphatic rings. The molecule has 0 spiro atoms. The van der Waals surface area contributed by atoms with E-state index in [0.717, 1.165) is 6.42 Å². The molecule has 0 aliphatic carbocycles. The summed E-state index contributed by atoms with van der Waals surface area (Å²) >= 11 is 0. The normalized spacial score (nSPS) is 35.6. The van der Waals surface area contributed by atoms with E-state index in [0.29, 0.717) is 23.7 Å². The Hall–Kier alpha value is -0.0800. The molecule has 0 amide bonds. The minimum atomic E-state index is -0.288. The molecule has 0 aromatic heterocycles. The maximum absolute atomic E-state index is 10.3. The molecular formula is C14H28O2. The molecule has 0 aromatic rings. The van der Waals surface area contributed by atoms with Crippen molar-refractivity contribution in [3.8, 4) is 0 Å². The number of rotatable bonds is 4. The van der Waals surface area contributed by atoms with Crippen molar-refractivity contribution in [1.29, 1.82) is 0 Å². The van der Waals surface area contributed by atoms with E-state index in [9.17, 15) is 5.11 Å². The van der Waals surface area contributed by atoms with Gasteiger partial charge in [-0.1, -0.05) is 41.5 Å². The van der Waals surface area contributed by atoms with Gasteiger partial charge in [0.25, 0.3) is 0 Å². The minimum absolute atomic E-state index is 0.0242. The fourth-order valence-electron chi connectivity index (χ4n) is 2.86. The summed E-state index contributed by atoms with van der Waals surface area (Å²) in [5.41, 5.74) is 0. The predicted molar refractivity (Wildman–Crippen MR) is 67.3 cm³/mol. The standard InChI is InChI=1S/C14H28O2/c1-8(2)7-11-12(9(3)4)13(15)14(16-11)10(5)6/h8-15H,7H2,1-6H3/t11-,12+,13?,14+/m1/s1. The molecule has 1 fully saturated rings. The highest BCUT2D eigenvalue weighted by Gasteiger charge is 2.45. The predicted octanol–water partition coefficient (Wildman–Crippen LogP) is 3.09. The fraction of sp³-hybridized carbons (Fsp3) is 1.00. The molecule has 96 valence electrons. The molecule has 0 saturated carbocycles. The maximum Gasteiger partial charge on any atom is 0.0864 e. The largest absolute Gasteiger partial charge is 0.390 e. The SMILES string of the molecule is CC(C)C[C@H]1O[C@@H](C(C)C)C(O)[C@H]1C(C)C. The van der Waals surface area contributed by atoms with Crippen LogP contribution in [-0.4, -0.2) is 23.4 Å². The summed E-state index contributed by atoms with van der Waals surface area (Å²) in [6.45, 7) is 13.1.